The Balaban J connectivity index is 1.55. The highest BCUT2D eigenvalue weighted by Crippen LogP contribution is 2.48. The Labute approximate surface area is 86.8 Å². The van der Waals surface area contributed by atoms with Gasteiger partial charge in [0.1, 0.15) is 0 Å². The molecular weight excluding hydrogens is 172 g/mol. The van der Waals surface area contributed by atoms with Gasteiger partial charge in [0.05, 0.1) is 0 Å². The Hall–Kier alpha value is -0.0800. The molecule has 1 aliphatic heterocycles. The molecule has 2 nitrogen and oxygen atoms in total. The summed E-state index contributed by atoms with van der Waals surface area (Å²) in [6.07, 6.45) is 9.77. The van der Waals surface area contributed by atoms with E-state index in [4.69, 9.17) is 5.73 Å². The maximum atomic E-state index is 6.29. The number of nitrogens with zero attached hydrogens (tertiary/aromatic N) is 1. The maximum absolute atomic E-state index is 6.29. The zero-order valence-corrected chi connectivity index (χ0v) is 9.10. The van der Waals surface area contributed by atoms with Crippen LogP contribution in [0.15, 0.2) is 0 Å². The van der Waals surface area contributed by atoms with Gasteiger partial charge < -0.3 is 10.6 Å². The van der Waals surface area contributed by atoms with E-state index in [2.05, 4.69) is 4.90 Å². The van der Waals surface area contributed by atoms with Crippen molar-refractivity contribution >= 4 is 0 Å². The molecule has 0 aromatic carbocycles. The molecule has 0 aromatic heterocycles. The smallest absolute Gasteiger partial charge is 0.0283 e. The molecule has 1 saturated heterocycles. The zero-order valence-electron chi connectivity index (χ0n) is 9.10. The fourth-order valence-corrected chi connectivity index (χ4v) is 3.48. The van der Waals surface area contributed by atoms with E-state index in [-0.39, 0.29) is 5.54 Å². The van der Waals surface area contributed by atoms with E-state index < -0.39 is 0 Å². The number of rotatable bonds is 2. The van der Waals surface area contributed by atoms with Crippen molar-refractivity contribution in [3.05, 3.63) is 0 Å². The van der Waals surface area contributed by atoms with Gasteiger partial charge in [0.15, 0.2) is 0 Å². The van der Waals surface area contributed by atoms with Crippen molar-refractivity contribution in [1.82, 2.24) is 4.90 Å². The molecule has 0 aromatic rings. The first-order valence-corrected chi connectivity index (χ1v) is 6.21. The minimum Gasteiger partial charge on any atom is -0.324 e. The van der Waals surface area contributed by atoms with Gasteiger partial charge in [0.25, 0.3) is 0 Å². The van der Waals surface area contributed by atoms with E-state index in [1.54, 1.807) is 0 Å². The van der Waals surface area contributed by atoms with E-state index in [1.165, 1.54) is 64.6 Å². The fourth-order valence-electron chi connectivity index (χ4n) is 3.48. The summed E-state index contributed by atoms with van der Waals surface area (Å²) >= 11 is 0. The number of nitrogens with two attached hydrogens (primary N) is 1. The quantitative estimate of drug-likeness (QED) is 0.725. The summed E-state index contributed by atoms with van der Waals surface area (Å²) in [5.74, 6) is 0. The average molecular weight is 194 g/mol. The Morgan fingerprint density at radius 1 is 1.00 bits per heavy atom. The fraction of sp³-hybridized carbons (Fsp3) is 1.00. The van der Waals surface area contributed by atoms with E-state index in [9.17, 15) is 0 Å². The number of hydrogen-bond acceptors (Lipinski definition) is 2. The van der Waals surface area contributed by atoms with Crippen molar-refractivity contribution in [2.45, 2.75) is 50.5 Å². The van der Waals surface area contributed by atoms with E-state index in [1.807, 2.05) is 0 Å². The first-order valence-electron chi connectivity index (χ1n) is 6.21. The lowest BCUT2D eigenvalue weighted by Crippen LogP contribution is -2.55. The molecule has 3 rings (SSSR count). The Bertz CT molecular complexity index is 228. The summed E-state index contributed by atoms with van der Waals surface area (Å²) in [4.78, 5) is 2.64. The van der Waals surface area contributed by atoms with E-state index in [0.717, 1.165) is 5.41 Å². The predicted molar refractivity (Wildman–Crippen MR) is 58.1 cm³/mol. The topological polar surface area (TPSA) is 29.3 Å². The second-order valence-electron chi connectivity index (χ2n) is 6.03. The zero-order chi connectivity index (χ0) is 9.65. The van der Waals surface area contributed by atoms with Crippen LogP contribution in [0.5, 0.6) is 0 Å². The van der Waals surface area contributed by atoms with Crippen molar-refractivity contribution in [1.29, 1.82) is 0 Å². The van der Waals surface area contributed by atoms with Crippen molar-refractivity contribution in [2.75, 3.05) is 19.6 Å². The van der Waals surface area contributed by atoms with Gasteiger partial charge in [-0.15, -0.1) is 0 Å². The third-order valence-corrected chi connectivity index (χ3v) is 4.82. The Kier molecular flexibility index (Phi) is 1.94. The summed E-state index contributed by atoms with van der Waals surface area (Å²) < 4.78 is 0. The molecule has 3 aliphatic rings. The second-order valence-corrected chi connectivity index (χ2v) is 6.03. The van der Waals surface area contributed by atoms with Crippen molar-refractivity contribution in [3.63, 3.8) is 0 Å². The van der Waals surface area contributed by atoms with Gasteiger partial charge in [-0.2, -0.15) is 0 Å². The molecule has 0 radical (unpaired) electrons. The van der Waals surface area contributed by atoms with Gasteiger partial charge in [-0.25, -0.2) is 0 Å². The second kappa shape index (κ2) is 2.96. The molecule has 14 heavy (non-hydrogen) atoms. The molecule has 1 heterocycles. The van der Waals surface area contributed by atoms with E-state index in [0.29, 0.717) is 0 Å². The van der Waals surface area contributed by atoms with Crippen molar-refractivity contribution < 1.29 is 0 Å². The summed E-state index contributed by atoms with van der Waals surface area (Å²) in [6.45, 7) is 3.85. The molecule has 0 bridgehead atoms. The molecule has 0 atom stereocenters. The third-order valence-electron chi connectivity index (χ3n) is 4.82. The maximum Gasteiger partial charge on any atom is 0.0283 e. The molecule has 1 spiro atoms. The molecule has 0 unspecified atom stereocenters. The SMILES string of the molecule is NC1(CN2CCC3(CCC3)C2)CCC1. The van der Waals surface area contributed by atoms with Gasteiger partial charge in [-0.05, 0) is 50.5 Å². The monoisotopic (exact) mass is 194 g/mol. The summed E-state index contributed by atoms with van der Waals surface area (Å²) in [5, 5.41) is 0. The molecule has 2 heteroatoms. The van der Waals surface area contributed by atoms with Crippen LogP contribution in [-0.4, -0.2) is 30.1 Å². The van der Waals surface area contributed by atoms with Gasteiger partial charge in [-0.3, -0.25) is 0 Å². The van der Waals surface area contributed by atoms with Crippen LogP contribution in [0.25, 0.3) is 0 Å². The van der Waals surface area contributed by atoms with Crippen LogP contribution in [0.3, 0.4) is 0 Å². The van der Waals surface area contributed by atoms with Crippen LogP contribution in [0.2, 0.25) is 0 Å². The van der Waals surface area contributed by atoms with Crippen LogP contribution in [0, 0.1) is 5.41 Å². The lowest BCUT2D eigenvalue weighted by molar-refractivity contribution is 0.113. The van der Waals surface area contributed by atoms with Crippen LogP contribution in [0.4, 0.5) is 0 Å². The summed E-state index contributed by atoms with van der Waals surface area (Å²) in [6, 6.07) is 0. The first-order chi connectivity index (χ1) is 6.70. The summed E-state index contributed by atoms with van der Waals surface area (Å²) in [5.41, 5.74) is 7.24. The highest BCUT2D eigenvalue weighted by molar-refractivity contribution is 5.01. The van der Waals surface area contributed by atoms with Gasteiger partial charge in [-0.1, -0.05) is 6.42 Å². The van der Waals surface area contributed by atoms with Crippen LogP contribution < -0.4 is 5.73 Å². The summed E-state index contributed by atoms with van der Waals surface area (Å²) in [7, 11) is 0. The molecular formula is C12H22N2. The van der Waals surface area contributed by atoms with Crippen LogP contribution in [-0.2, 0) is 0 Å². The molecule has 2 aliphatic carbocycles. The highest BCUT2D eigenvalue weighted by Gasteiger charge is 2.45. The third kappa shape index (κ3) is 1.40. The average Bonchev–Trinajstić information content (AvgIpc) is 2.45. The Morgan fingerprint density at radius 3 is 2.14 bits per heavy atom. The largest absolute Gasteiger partial charge is 0.324 e. The number of hydrogen-bond donors (Lipinski definition) is 1. The van der Waals surface area contributed by atoms with E-state index >= 15 is 0 Å². The van der Waals surface area contributed by atoms with Crippen LogP contribution >= 0.6 is 0 Å². The normalized spacial score (nSPS) is 34.1. The highest BCUT2D eigenvalue weighted by atomic mass is 15.2. The van der Waals surface area contributed by atoms with Crippen LogP contribution in [0.1, 0.15) is 44.9 Å². The van der Waals surface area contributed by atoms with Gasteiger partial charge >= 0.3 is 0 Å². The van der Waals surface area contributed by atoms with Gasteiger partial charge in [0.2, 0.25) is 0 Å². The lowest BCUT2D eigenvalue weighted by Gasteiger charge is -2.43. The molecule has 80 valence electrons. The molecule has 0 amide bonds. The predicted octanol–water partition coefficient (Wildman–Crippen LogP) is 1.74. The minimum absolute atomic E-state index is 0.204. The molecule has 2 N–H and O–H groups in total. The standard InChI is InChI=1S/C12H22N2/c13-12(5-2-6-12)10-14-8-7-11(9-14)3-1-4-11/h1-10,13H2. The lowest BCUT2D eigenvalue weighted by atomic mass is 9.68. The number of likely N-dealkylation sites (tertiary alicyclic amines) is 1. The first kappa shape index (κ1) is 9.17. The Morgan fingerprint density at radius 2 is 1.71 bits per heavy atom. The van der Waals surface area contributed by atoms with Crippen molar-refractivity contribution in [3.8, 4) is 0 Å². The van der Waals surface area contributed by atoms with Gasteiger partial charge in [0, 0.05) is 18.6 Å². The van der Waals surface area contributed by atoms with Crippen molar-refractivity contribution in [2.24, 2.45) is 11.1 Å². The molecule has 3 fully saturated rings. The molecule has 2 saturated carbocycles. The minimum atomic E-state index is 0.204.